The van der Waals surface area contributed by atoms with Crippen LogP contribution >= 0.6 is 0 Å². The number of hydrogen-bond acceptors (Lipinski definition) is 6. The third-order valence-corrected chi connectivity index (χ3v) is 2.46. The van der Waals surface area contributed by atoms with Gasteiger partial charge in [0.05, 0.1) is 25.9 Å². The predicted molar refractivity (Wildman–Crippen MR) is 61.5 cm³/mol. The monoisotopic (exact) mass is 251 g/mol. The molecule has 0 spiro atoms. The van der Waals surface area contributed by atoms with Gasteiger partial charge in [-0.25, -0.2) is 0 Å². The maximum absolute atomic E-state index is 10.8. The van der Waals surface area contributed by atoms with Gasteiger partial charge in [0.1, 0.15) is 17.6 Å². The lowest BCUT2D eigenvalue weighted by Gasteiger charge is -2.17. The number of methoxy groups -OCH3 is 2. The highest BCUT2D eigenvalue weighted by Crippen LogP contribution is 2.33. The smallest absolute Gasteiger partial charge is 0.170 e. The molecule has 0 aliphatic heterocycles. The van der Waals surface area contributed by atoms with Crippen molar-refractivity contribution in [1.82, 2.24) is 0 Å². The standard InChI is InChI=1S/C12H13NO5/c1-17-10-4-8(12(16)9(15)5-13)11(18-2)3-7(10)6-14/h3-4,6,9,12,15-16H,1-2H3. The van der Waals surface area contributed by atoms with Gasteiger partial charge in [-0.3, -0.25) is 4.79 Å². The van der Waals surface area contributed by atoms with Gasteiger partial charge in [-0.15, -0.1) is 0 Å². The zero-order valence-corrected chi connectivity index (χ0v) is 9.95. The molecule has 0 aromatic heterocycles. The summed E-state index contributed by atoms with van der Waals surface area (Å²) in [4.78, 5) is 10.8. The summed E-state index contributed by atoms with van der Waals surface area (Å²) in [5.41, 5.74) is 0.422. The molecule has 18 heavy (non-hydrogen) atoms. The van der Waals surface area contributed by atoms with Crippen molar-refractivity contribution in [3.05, 3.63) is 23.3 Å². The Kier molecular flexibility index (Phi) is 4.66. The minimum absolute atomic E-state index is 0.175. The summed E-state index contributed by atoms with van der Waals surface area (Å²) in [5.74, 6) is 0.421. The van der Waals surface area contributed by atoms with Crippen LogP contribution in [0.3, 0.4) is 0 Å². The SMILES string of the molecule is COc1cc(C(O)C(O)C#N)c(OC)cc1C=O. The molecule has 1 aromatic carbocycles. The van der Waals surface area contributed by atoms with E-state index in [0.29, 0.717) is 6.29 Å². The minimum atomic E-state index is -1.59. The molecular weight excluding hydrogens is 238 g/mol. The van der Waals surface area contributed by atoms with E-state index < -0.39 is 12.2 Å². The molecule has 0 fully saturated rings. The highest BCUT2D eigenvalue weighted by molar-refractivity contribution is 5.80. The van der Waals surface area contributed by atoms with Crippen molar-refractivity contribution in [2.24, 2.45) is 0 Å². The first-order valence-corrected chi connectivity index (χ1v) is 5.05. The summed E-state index contributed by atoms with van der Waals surface area (Å²) in [6, 6.07) is 4.24. The summed E-state index contributed by atoms with van der Waals surface area (Å²) < 4.78 is 9.99. The third kappa shape index (κ3) is 2.59. The van der Waals surface area contributed by atoms with Gasteiger partial charge < -0.3 is 19.7 Å². The average Bonchev–Trinajstić information content (AvgIpc) is 2.43. The topological polar surface area (TPSA) is 99.8 Å². The van der Waals surface area contributed by atoms with E-state index >= 15 is 0 Å². The van der Waals surface area contributed by atoms with E-state index in [9.17, 15) is 15.0 Å². The Hall–Kier alpha value is -2.10. The number of carbonyl (C=O) groups excluding carboxylic acids is 1. The third-order valence-electron chi connectivity index (χ3n) is 2.46. The number of aldehydes is 1. The number of ether oxygens (including phenoxy) is 2. The van der Waals surface area contributed by atoms with Gasteiger partial charge in [-0.05, 0) is 12.1 Å². The molecule has 0 bridgehead atoms. The highest BCUT2D eigenvalue weighted by atomic mass is 16.5. The molecule has 96 valence electrons. The van der Waals surface area contributed by atoms with E-state index in [1.165, 1.54) is 32.4 Å². The fourth-order valence-electron chi connectivity index (χ4n) is 1.51. The van der Waals surface area contributed by atoms with Gasteiger partial charge >= 0.3 is 0 Å². The predicted octanol–water partition coefficient (Wildman–Crippen LogP) is 0.434. The van der Waals surface area contributed by atoms with E-state index in [4.69, 9.17) is 14.7 Å². The Morgan fingerprint density at radius 3 is 2.33 bits per heavy atom. The maximum Gasteiger partial charge on any atom is 0.170 e. The molecule has 2 unspecified atom stereocenters. The van der Waals surface area contributed by atoms with Crippen molar-refractivity contribution in [3.63, 3.8) is 0 Å². The summed E-state index contributed by atoms with van der Waals surface area (Å²) in [5, 5.41) is 27.7. The van der Waals surface area contributed by atoms with Crippen molar-refractivity contribution in [1.29, 1.82) is 5.26 Å². The maximum atomic E-state index is 10.8. The Labute approximate surface area is 104 Å². The molecule has 2 atom stereocenters. The van der Waals surface area contributed by atoms with Crippen molar-refractivity contribution >= 4 is 6.29 Å². The van der Waals surface area contributed by atoms with Crippen molar-refractivity contribution in [3.8, 4) is 17.6 Å². The first-order chi connectivity index (χ1) is 8.58. The summed E-state index contributed by atoms with van der Waals surface area (Å²) >= 11 is 0. The fourth-order valence-corrected chi connectivity index (χ4v) is 1.51. The molecule has 0 heterocycles. The largest absolute Gasteiger partial charge is 0.496 e. The number of nitriles is 1. The van der Waals surface area contributed by atoms with Crippen LogP contribution in [-0.4, -0.2) is 36.8 Å². The first kappa shape index (κ1) is 14.0. The van der Waals surface area contributed by atoms with Crippen LogP contribution in [0.1, 0.15) is 22.0 Å². The van der Waals surface area contributed by atoms with Gasteiger partial charge in [0.2, 0.25) is 0 Å². The lowest BCUT2D eigenvalue weighted by atomic mass is 10.0. The van der Waals surface area contributed by atoms with Crippen LogP contribution in [0.25, 0.3) is 0 Å². The second-order valence-electron chi connectivity index (χ2n) is 3.47. The van der Waals surface area contributed by atoms with Gasteiger partial charge in [0.25, 0.3) is 0 Å². The molecule has 2 N–H and O–H groups in total. The zero-order chi connectivity index (χ0) is 13.7. The van der Waals surface area contributed by atoms with Crippen molar-refractivity contribution < 1.29 is 24.5 Å². The Bertz CT molecular complexity index is 480. The quantitative estimate of drug-likeness (QED) is 0.581. The summed E-state index contributed by atoms with van der Waals surface area (Å²) in [6.45, 7) is 0. The molecule has 6 heteroatoms. The minimum Gasteiger partial charge on any atom is -0.496 e. The van der Waals surface area contributed by atoms with Gasteiger partial charge in [0.15, 0.2) is 12.4 Å². The van der Waals surface area contributed by atoms with Crippen LogP contribution in [0.4, 0.5) is 0 Å². The normalized spacial score (nSPS) is 13.3. The van der Waals surface area contributed by atoms with Crippen LogP contribution in [0.2, 0.25) is 0 Å². The first-order valence-electron chi connectivity index (χ1n) is 5.05. The van der Waals surface area contributed by atoms with Crippen LogP contribution in [0, 0.1) is 11.3 Å². The Morgan fingerprint density at radius 1 is 1.28 bits per heavy atom. The zero-order valence-electron chi connectivity index (χ0n) is 9.95. The second kappa shape index (κ2) is 6.00. The Morgan fingerprint density at radius 2 is 1.89 bits per heavy atom. The molecule has 0 aliphatic carbocycles. The molecule has 6 nitrogen and oxygen atoms in total. The number of hydrogen-bond donors (Lipinski definition) is 2. The molecule has 1 rings (SSSR count). The summed E-state index contributed by atoms with van der Waals surface area (Å²) in [7, 11) is 2.72. The fraction of sp³-hybridized carbons (Fsp3) is 0.333. The van der Waals surface area contributed by atoms with Crippen LogP contribution in [-0.2, 0) is 0 Å². The molecule has 0 saturated heterocycles. The van der Waals surface area contributed by atoms with E-state index in [2.05, 4.69) is 0 Å². The summed E-state index contributed by atoms with van der Waals surface area (Å²) in [6.07, 6.45) is -2.46. The lowest BCUT2D eigenvalue weighted by Crippen LogP contribution is -2.17. The van der Waals surface area contributed by atoms with Gasteiger partial charge in [-0.2, -0.15) is 5.26 Å². The number of carbonyl (C=O) groups is 1. The van der Waals surface area contributed by atoms with E-state index in [1.807, 2.05) is 0 Å². The van der Waals surface area contributed by atoms with Crippen LogP contribution < -0.4 is 9.47 Å². The highest BCUT2D eigenvalue weighted by Gasteiger charge is 2.23. The number of benzene rings is 1. The number of aliphatic hydroxyl groups excluding tert-OH is 2. The molecule has 0 amide bonds. The van der Waals surface area contributed by atoms with Crippen LogP contribution in [0.5, 0.6) is 11.5 Å². The molecule has 0 saturated carbocycles. The Balaban J connectivity index is 3.34. The molecule has 0 aliphatic rings. The van der Waals surface area contributed by atoms with Crippen molar-refractivity contribution in [2.45, 2.75) is 12.2 Å². The number of nitrogens with zero attached hydrogens (tertiary/aromatic N) is 1. The van der Waals surface area contributed by atoms with Crippen molar-refractivity contribution in [2.75, 3.05) is 14.2 Å². The van der Waals surface area contributed by atoms with Crippen LogP contribution in [0.15, 0.2) is 12.1 Å². The second-order valence-corrected chi connectivity index (χ2v) is 3.47. The van der Waals surface area contributed by atoms with Gasteiger partial charge in [-0.1, -0.05) is 0 Å². The van der Waals surface area contributed by atoms with E-state index in [1.54, 1.807) is 0 Å². The molecule has 0 radical (unpaired) electrons. The molecular formula is C12H13NO5. The van der Waals surface area contributed by atoms with Gasteiger partial charge in [0, 0.05) is 5.56 Å². The van der Waals surface area contributed by atoms with E-state index in [0.717, 1.165) is 0 Å². The average molecular weight is 251 g/mol. The molecule has 1 aromatic rings. The lowest BCUT2D eigenvalue weighted by molar-refractivity contribution is 0.0509. The van der Waals surface area contributed by atoms with E-state index in [-0.39, 0.29) is 22.6 Å². The number of aliphatic hydroxyl groups is 2. The number of rotatable bonds is 5.